The monoisotopic (exact) mass is 552 g/mol. The topological polar surface area (TPSA) is 146 Å². The van der Waals surface area contributed by atoms with Crippen LogP contribution in [0.4, 0.5) is 17.3 Å². The van der Waals surface area contributed by atoms with Crippen molar-refractivity contribution in [2.24, 2.45) is 5.73 Å². The summed E-state index contributed by atoms with van der Waals surface area (Å²) in [5.41, 5.74) is 15.9. The number of para-hydroxylation sites is 1. The Morgan fingerprint density at radius 2 is 1.94 bits per heavy atom. The van der Waals surface area contributed by atoms with E-state index in [4.69, 9.17) is 11.5 Å². The third kappa shape index (κ3) is 5.35. The number of primary amides is 1. The number of anilines is 3. The van der Waals surface area contributed by atoms with Crippen LogP contribution >= 0.6 is 15.9 Å². The van der Waals surface area contributed by atoms with Gasteiger partial charge in [-0.2, -0.15) is 5.10 Å². The van der Waals surface area contributed by atoms with Crippen molar-refractivity contribution in [3.63, 3.8) is 0 Å². The summed E-state index contributed by atoms with van der Waals surface area (Å²) in [5.74, 6) is -0.270. The third-order valence-corrected chi connectivity index (χ3v) is 6.48. The number of rotatable bonds is 10. The lowest BCUT2D eigenvalue weighted by molar-refractivity contribution is 0.0996. The van der Waals surface area contributed by atoms with Crippen molar-refractivity contribution in [2.45, 2.75) is 39.8 Å². The maximum Gasteiger partial charge on any atom is 0.276 e. The molecule has 0 radical (unpaired) electrons. The van der Waals surface area contributed by atoms with E-state index >= 15 is 0 Å². The number of carbonyl (C=O) groups excluding carboxylic acids is 2. The fourth-order valence-corrected chi connectivity index (χ4v) is 4.65. The second-order valence-electron chi connectivity index (χ2n) is 8.44. The van der Waals surface area contributed by atoms with Gasteiger partial charge in [-0.3, -0.25) is 19.6 Å². The van der Waals surface area contributed by atoms with Crippen molar-refractivity contribution in [2.75, 3.05) is 22.9 Å². The van der Waals surface area contributed by atoms with Crippen LogP contribution in [0, 0.1) is 6.92 Å². The number of benzene rings is 2. The Labute approximate surface area is 217 Å². The number of hydrogen-bond acceptors (Lipinski definition) is 6. The molecule has 0 atom stereocenters. The molecule has 0 unspecified atom stereocenters. The average Bonchev–Trinajstić information content (AvgIpc) is 3.40. The lowest BCUT2D eigenvalue weighted by Gasteiger charge is -2.13. The summed E-state index contributed by atoms with van der Waals surface area (Å²) < 4.78 is 4.61. The number of nitrogen functional groups attached to an aromatic ring is 1. The van der Waals surface area contributed by atoms with Crippen LogP contribution in [0.25, 0.3) is 11.0 Å². The normalized spacial score (nSPS) is 11.1. The number of hydrogen-bond donors (Lipinski definition) is 4. The van der Waals surface area contributed by atoms with Gasteiger partial charge in [-0.1, -0.05) is 6.07 Å². The van der Waals surface area contributed by atoms with Crippen molar-refractivity contribution in [1.29, 1.82) is 0 Å². The highest BCUT2D eigenvalue weighted by atomic mass is 79.9. The molecule has 36 heavy (non-hydrogen) atoms. The van der Waals surface area contributed by atoms with Gasteiger partial charge in [-0.25, -0.2) is 4.98 Å². The van der Waals surface area contributed by atoms with Gasteiger partial charge in [-0.15, -0.1) is 0 Å². The van der Waals surface area contributed by atoms with Gasteiger partial charge in [0.2, 0.25) is 11.9 Å². The predicted molar refractivity (Wildman–Crippen MR) is 145 cm³/mol. The number of aromatic nitrogens is 4. The molecule has 0 spiro atoms. The zero-order valence-electron chi connectivity index (χ0n) is 20.2. The van der Waals surface area contributed by atoms with Crippen LogP contribution < -0.4 is 22.1 Å². The first-order valence-corrected chi connectivity index (χ1v) is 12.5. The Bertz CT molecular complexity index is 1430. The number of fused-ring (bicyclic) bond motifs is 1. The summed E-state index contributed by atoms with van der Waals surface area (Å²) in [4.78, 5) is 29.1. The molecule has 2 amide bonds. The Morgan fingerprint density at radius 1 is 1.14 bits per heavy atom. The first kappa shape index (κ1) is 25.2. The molecule has 0 aliphatic heterocycles. The van der Waals surface area contributed by atoms with Crippen molar-refractivity contribution in [1.82, 2.24) is 19.3 Å². The van der Waals surface area contributed by atoms with Gasteiger partial charge in [0.25, 0.3) is 5.91 Å². The van der Waals surface area contributed by atoms with Gasteiger partial charge < -0.3 is 21.4 Å². The molecular formula is C25H29BrN8O2. The molecule has 188 valence electrons. The standard InChI is InChI=1S/C25H29BrN8O2/c1-3-34-21(13-15(2)32-34)24(36)31-25-30-20-8-6-7-17(26)22(20)33(25)12-5-4-11-29-19-10-9-16(23(28)35)14-18(19)27/h6-10,13-14,29H,3-5,11-12,27H2,1-2H3,(H2,28,35)(H,30,31,36). The molecule has 4 aromatic rings. The Balaban J connectivity index is 1.46. The molecule has 11 heteroatoms. The quantitative estimate of drug-likeness (QED) is 0.172. The molecule has 0 fully saturated rings. The maximum atomic E-state index is 13.1. The molecule has 6 N–H and O–H groups in total. The molecule has 2 aromatic carbocycles. The first-order chi connectivity index (χ1) is 17.3. The largest absolute Gasteiger partial charge is 0.397 e. The summed E-state index contributed by atoms with van der Waals surface area (Å²) in [5, 5.41) is 10.6. The van der Waals surface area contributed by atoms with Crippen LogP contribution in [0.1, 0.15) is 46.3 Å². The molecule has 10 nitrogen and oxygen atoms in total. The molecule has 0 aliphatic rings. The van der Waals surface area contributed by atoms with E-state index in [-0.39, 0.29) is 5.91 Å². The lowest BCUT2D eigenvalue weighted by atomic mass is 10.1. The number of carbonyl (C=O) groups is 2. The van der Waals surface area contributed by atoms with Crippen molar-refractivity contribution in [3.05, 3.63) is 63.9 Å². The number of unbranched alkanes of at least 4 members (excludes halogenated alkanes) is 1. The zero-order chi connectivity index (χ0) is 25.8. The molecule has 0 bridgehead atoms. The Kier molecular flexibility index (Phi) is 7.58. The fourth-order valence-electron chi connectivity index (χ4n) is 4.08. The number of nitrogens with one attached hydrogen (secondary N) is 2. The number of nitrogens with two attached hydrogens (primary N) is 2. The highest BCUT2D eigenvalue weighted by Crippen LogP contribution is 2.28. The van der Waals surface area contributed by atoms with E-state index in [9.17, 15) is 9.59 Å². The molecule has 0 saturated carbocycles. The molecule has 0 saturated heterocycles. The summed E-state index contributed by atoms with van der Waals surface area (Å²) in [6.07, 6.45) is 1.67. The second kappa shape index (κ2) is 10.8. The van der Waals surface area contributed by atoms with Crippen molar-refractivity contribution in [3.8, 4) is 0 Å². The summed E-state index contributed by atoms with van der Waals surface area (Å²) in [6.45, 7) is 5.75. The fraction of sp³-hybridized carbons (Fsp3) is 0.280. The molecule has 2 heterocycles. The lowest BCUT2D eigenvalue weighted by Crippen LogP contribution is -2.20. The summed E-state index contributed by atoms with van der Waals surface area (Å²) >= 11 is 3.63. The van der Waals surface area contributed by atoms with E-state index in [0.717, 1.165) is 39.7 Å². The number of halogens is 1. The second-order valence-corrected chi connectivity index (χ2v) is 9.29. The van der Waals surface area contributed by atoms with Crippen LogP contribution in [0.5, 0.6) is 0 Å². The van der Waals surface area contributed by atoms with Crippen LogP contribution in [-0.2, 0) is 13.1 Å². The highest BCUT2D eigenvalue weighted by molar-refractivity contribution is 9.10. The average molecular weight is 553 g/mol. The van der Waals surface area contributed by atoms with Crippen molar-refractivity contribution >= 4 is 56.1 Å². The number of nitrogens with zero attached hydrogens (tertiary/aromatic N) is 4. The Morgan fingerprint density at radius 3 is 2.67 bits per heavy atom. The van der Waals surface area contributed by atoms with Gasteiger partial charge in [0, 0.05) is 29.7 Å². The van der Waals surface area contributed by atoms with Gasteiger partial charge in [0.15, 0.2) is 0 Å². The molecule has 4 rings (SSSR count). The number of aryl methyl sites for hydroxylation is 3. The Hall–Kier alpha value is -3.86. The number of imidazole rings is 1. The van der Waals surface area contributed by atoms with Gasteiger partial charge in [-0.05, 0) is 79.0 Å². The van der Waals surface area contributed by atoms with E-state index in [1.165, 1.54) is 0 Å². The minimum absolute atomic E-state index is 0.248. The summed E-state index contributed by atoms with van der Waals surface area (Å²) in [7, 11) is 0. The number of amides is 2. The molecule has 2 aromatic heterocycles. The van der Waals surface area contributed by atoms with E-state index < -0.39 is 5.91 Å². The van der Waals surface area contributed by atoms with E-state index in [2.05, 4.69) is 36.6 Å². The summed E-state index contributed by atoms with van der Waals surface area (Å²) in [6, 6.07) is 12.6. The van der Waals surface area contributed by atoms with Gasteiger partial charge in [0.05, 0.1) is 28.1 Å². The van der Waals surface area contributed by atoms with Crippen LogP contribution in [0.15, 0.2) is 46.9 Å². The van der Waals surface area contributed by atoms with Crippen LogP contribution in [0.3, 0.4) is 0 Å². The first-order valence-electron chi connectivity index (χ1n) is 11.7. The highest BCUT2D eigenvalue weighted by Gasteiger charge is 2.19. The van der Waals surface area contributed by atoms with E-state index in [0.29, 0.717) is 42.5 Å². The smallest absolute Gasteiger partial charge is 0.276 e. The van der Waals surface area contributed by atoms with Crippen LogP contribution in [-0.4, -0.2) is 37.7 Å². The van der Waals surface area contributed by atoms with E-state index in [1.54, 1.807) is 28.9 Å². The zero-order valence-corrected chi connectivity index (χ0v) is 21.8. The van der Waals surface area contributed by atoms with Crippen LogP contribution in [0.2, 0.25) is 0 Å². The molecule has 0 aliphatic carbocycles. The van der Waals surface area contributed by atoms with Gasteiger partial charge in [0.1, 0.15) is 5.69 Å². The molecular weight excluding hydrogens is 524 g/mol. The maximum absolute atomic E-state index is 13.1. The predicted octanol–water partition coefficient (Wildman–Crippen LogP) is 4.15. The SMILES string of the molecule is CCn1nc(C)cc1C(=O)Nc1nc2cccc(Br)c2n1CCCCNc1ccc(C(N)=O)cc1N. The van der Waals surface area contributed by atoms with Crippen molar-refractivity contribution < 1.29 is 9.59 Å². The van der Waals surface area contributed by atoms with Gasteiger partial charge >= 0.3 is 0 Å². The minimum atomic E-state index is -0.510. The van der Waals surface area contributed by atoms with E-state index in [1.807, 2.05) is 36.6 Å². The minimum Gasteiger partial charge on any atom is -0.397 e. The third-order valence-electron chi connectivity index (χ3n) is 5.84.